The SMILES string of the molecule is COC(=O)C(C)Oc1ccc(Oc2ccc(I)cc2Cl)cc1. The number of ether oxygens (including phenoxy) is 3. The maximum atomic E-state index is 11.3. The summed E-state index contributed by atoms with van der Waals surface area (Å²) < 4.78 is 16.8. The van der Waals surface area contributed by atoms with Gasteiger partial charge in [-0.2, -0.15) is 0 Å². The molecule has 0 aromatic heterocycles. The van der Waals surface area contributed by atoms with E-state index in [1.54, 1.807) is 31.2 Å². The normalized spacial score (nSPS) is 11.6. The van der Waals surface area contributed by atoms with Crippen molar-refractivity contribution in [1.29, 1.82) is 0 Å². The molecule has 0 radical (unpaired) electrons. The molecule has 0 aliphatic heterocycles. The maximum absolute atomic E-state index is 11.3. The van der Waals surface area contributed by atoms with Crippen molar-refractivity contribution in [3.63, 3.8) is 0 Å². The Hall–Kier alpha value is -1.47. The van der Waals surface area contributed by atoms with E-state index in [2.05, 4.69) is 27.3 Å². The number of hydrogen-bond acceptors (Lipinski definition) is 4. The number of rotatable bonds is 5. The van der Waals surface area contributed by atoms with E-state index in [0.29, 0.717) is 22.3 Å². The fraction of sp³-hybridized carbons (Fsp3) is 0.188. The van der Waals surface area contributed by atoms with Crippen molar-refractivity contribution in [2.75, 3.05) is 7.11 Å². The van der Waals surface area contributed by atoms with Crippen LogP contribution >= 0.6 is 34.2 Å². The minimum Gasteiger partial charge on any atom is -0.479 e. The molecule has 0 fully saturated rings. The van der Waals surface area contributed by atoms with E-state index in [1.165, 1.54) is 7.11 Å². The van der Waals surface area contributed by atoms with Gasteiger partial charge in [0.05, 0.1) is 12.1 Å². The molecule has 0 bridgehead atoms. The van der Waals surface area contributed by atoms with Crippen LogP contribution in [0.4, 0.5) is 0 Å². The standard InChI is InChI=1S/C16H14ClIO4/c1-10(16(19)20-2)21-12-4-6-13(7-5-12)22-15-8-3-11(18)9-14(15)17/h3-10H,1-2H3. The molecule has 0 saturated heterocycles. The topological polar surface area (TPSA) is 44.8 Å². The average Bonchev–Trinajstić information content (AvgIpc) is 2.51. The smallest absolute Gasteiger partial charge is 0.346 e. The largest absolute Gasteiger partial charge is 0.479 e. The predicted molar refractivity (Wildman–Crippen MR) is 92.8 cm³/mol. The molecule has 2 rings (SSSR count). The van der Waals surface area contributed by atoms with Crippen LogP contribution < -0.4 is 9.47 Å². The highest BCUT2D eigenvalue weighted by Gasteiger charge is 2.14. The Kier molecular flexibility index (Phi) is 5.90. The number of carbonyl (C=O) groups is 1. The second-order valence-electron chi connectivity index (χ2n) is 4.43. The van der Waals surface area contributed by atoms with Crippen LogP contribution in [0.3, 0.4) is 0 Å². The first-order valence-electron chi connectivity index (χ1n) is 6.47. The highest BCUT2D eigenvalue weighted by Crippen LogP contribution is 2.31. The maximum Gasteiger partial charge on any atom is 0.346 e. The lowest BCUT2D eigenvalue weighted by atomic mass is 10.3. The van der Waals surface area contributed by atoms with Crippen LogP contribution in [-0.4, -0.2) is 19.2 Å². The molecule has 1 atom stereocenters. The van der Waals surface area contributed by atoms with Gasteiger partial charge in [-0.05, 0) is 72.0 Å². The summed E-state index contributed by atoms with van der Waals surface area (Å²) in [5.41, 5.74) is 0. The van der Waals surface area contributed by atoms with Gasteiger partial charge in [-0.3, -0.25) is 0 Å². The van der Waals surface area contributed by atoms with E-state index in [1.807, 2.05) is 18.2 Å². The fourth-order valence-corrected chi connectivity index (χ4v) is 2.58. The van der Waals surface area contributed by atoms with Gasteiger partial charge >= 0.3 is 5.97 Å². The zero-order valence-corrected chi connectivity index (χ0v) is 14.9. The third kappa shape index (κ3) is 4.51. The van der Waals surface area contributed by atoms with E-state index >= 15 is 0 Å². The first-order chi connectivity index (χ1) is 10.5. The number of benzene rings is 2. The highest BCUT2D eigenvalue weighted by molar-refractivity contribution is 14.1. The summed E-state index contributed by atoms with van der Waals surface area (Å²) in [6.07, 6.45) is -0.664. The molecule has 0 saturated carbocycles. The molecule has 2 aromatic carbocycles. The van der Waals surface area contributed by atoms with Crippen molar-refractivity contribution in [1.82, 2.24) is 0 Å². The lowest BCUT2D eigenvalue weighted by molar-refractivity contribution is -0.147. The molecular formula is C16H14ClIO4. The van der Waals surface area contributed by atoms with Gasteiger partial charge in [0.25, 0.3) is 0 Å². The number of esters is 1. The second kappa shape index (κ2) is 7.69. The molecule has 0 spiro atoms. The molecule has 6 heteroatoms. The summed E-state index contributed by atoms with van der Waals surface area (Å²) in [4.78, 5) is 11.3. The van der Waals surface area contributed by atoms with Crippen molar-refractivity contribution in [2.24, 2.45) is 0 Å². The van der Waals surface area contributed by atoms with Crippen LogP contribution in [-0.2, 0) is 9.53 Å². The van der Waals surface area contributed by atoms with Crippen LogP contribution in [0.2, 0.25) is 5.02 Å². The average molecular weight is 433 g/mol. The Morgan fingerprint density at radius 3 is 2.36 bits per heavy atom. The van der Waals surface area contributed by atoms with Crippen LogP contribution in [0.1, 0.15) is 6.92 Å². The van der Waals surface area contributed by atoms with Crippen molar-refractivity contribution in [2.45, 2.75) is 13.0 Å². The summed E-state index contributed by atoms with van der Waals surface area (Å²) in [7, 11) is 1.32. The van der Waals surface area contributed by atoms with Crippen LogP contribution in [0.25, 0.3) is 0 Å². The van der Waals surface area contributed by atoms with E-state index in [0.717, 1.165) is 3.57 Å². The molecule has 0 aliphatic carbocycles. The molecule has 0 heterocycles. The minimum absolute atomic E-state index is 0.425. The molecule has 0 aliphatic rings. The number of methoxy groups -OCH3 is 1. The zero-order valence-electron chi connectivity index (χ0n) is 12.0. The predicted octanol–water partition coefficient (Wildman–Crippen LogP) is 4.68. The monoisotopic (exact) mass is 432 g/mol. The van der Waals surface area contributed by atoms with Crippen molar-refractivity contribution < 1.29 is 19.0 Å². The van der Waals surface area contributed by atoms with Gasteiger partial charge in [-0.1, -0.05) is 11.6 Å². The summed E-state index contributed by atoms with van der Waals surface area (Å²) >= 11 is 8.31. The molecular weight excluding hydrogens is 419 g/mol. The number of hydrogen-bond donors (Lipinski definition) is 0. The van der Waals surface area contributed by atoms with Crippen molar-refractivity contribution >= 4 is 40.2 Å². The van der Waals surface area contributed by atoms with E-state index in [9.17, 15) is 4.79 Å². The summed E-state index contributed by atoms with van der Waals surface area (Å²) in [6, 6.07) is 12.5. The van der Waals surface area contributed by atoms with Crippen LogP contribution in [0.15, 0.2) is 42.5 Å². The Morgan fingerprint density at radius 1 is 1.14 bits per heavy atom. The molecule has 22 heavy (non-hydrogen) atoms. The fourth-order valence-electron chi connectivity index (χ4n) is 1.69. The van der Waals surface area contributed by atoms with Crippen LogP contribution in [0.5, 0.6) is 17.2 Å². The Morgan fingerprint density at radius 2 is 1.77 bits per heavy atom. The molecule has 1 unspecified atom stereocenters. The highest BCUT2D eigenvalue weighted by atomic mass is 127. The van der Waals surface area contributed by atoms with Gasteiger partial charge in [-0.15, -0.1) is 0 Å². The quantitative estimate of drug-likeness (QED) is 0.508. The van der Waals surface area contributed by atoms with Gasteiger partial charge < -0.3 is 14.2 Å². The molecule has 2 aromatic rings. The van der Waals surface area contributed by atoms with E-state index < -0.39 is 12.1 Å². The minimum atomic E-state index is -0.664. The van der Waals surface area contributed by atoms with E-state index in [-0.39, 0.29) is 0 Å². The van der Waals surface area contributed by atoms with Gasteiger partial charge in [-0.25, -0.2) is 4.79 Å². The van der Waals surface area contributed by atoms with Gasteiger partial charge in [0.15, 0.2) is 6.10 Å². The van der Waals surface area contributed by atoms with Gasteiger partial charge in [0.2, 0.25) is 0 Å². The molecule has 4 nitrogen and oxygen atoms in total. The summed E-state index contributed by atoms with van der Waals surface area (Å²) in [6.45, 7) is 1.63. The lowest BCUT2D eigenvalue weighted by Gasteiger charge is -2.13. The first-order valence-corrected chi connectivity index (χ1v) is 7.92. The van der Waals surface area contributed by atoms with Crippen molar-refractivity contribution in [3.05, 3.63) is 51.1 Å². The first kappa shape index (κ1) is 16.9. The van der Waals surface area contributed by atoms with Crippen molar-refractivity contribution in [3.8, 4) is 17.2 Å². The Labute approximate surface area is 147 Å². The van der Waals surface area contributed by atoms with Gasteiger partial charge in [0, 0.05) is 3.57 Å². The molecule has 0 N–H and O–H groups in total. The zero-order chi connectivity index (χ0) is 16.1. The number of halogens is 2. The Bertz CT molecular complexity index is 658. The van der Waals surface area contributed by atoms with E-state index in [4.69, 9.17) is 21.1 Å². The summed E-state index contributed by atoms with van der Waals surface area (Å²) in [5.74, 6) is 1.34. The number of carbonyl (C=O) groups excluding carboxylic acids is 1. The second-order valence-corrected chi connectivity index (χ2v) is 6.08. The molecule has 0 amide bonds. The van der Waals surface area contributed by atoms with Crippen LogP contribution in [0, 0.1) is 3.57 Å². The Balaban J connectivity index is 2.04. The lowest BCUT2D eigenvalue weighted by Crippen LogP contribution is -2.24. The van der Waals surface area contributed by atoms with Gasteiger partial charge in [0.1, 0.15) is 17.2 Å². The third-order valence-electron chi connectivity index (χ3n) is 2.79. The molecule has 116 valence electrons. The summed E-state index contributed by atoms with van der Waals surface area (Å²) in [5, 5.41) is 0.548. The third-order valence-corrected chi connectivity index (χ3v) is 3.76.